The van der Waals surface area contributed by atoms with Gasteiger partial charge in [-0.3, -0.25) is 4.79 Å². The Morgan fingerprint density at radius 2 is 1.72 bits per heavy atom. The van der Waals surface area contributed by atoms with Crippen molar-refractivity contribution in [3.63, 3.8) is 0 Å². The van der Waals surface area contributed by atoms with Gasteiger partial charge >= 0.3 is 5.97 Å². The Morgan fingerprint density at radius 1 is 1.08 bits per heavy atom. The molecule has 0 aliphatic heterocycles. The molecule has 0 atom stereocenters. The molecule has 3 rings (SSSR count). The van der Waals surface area contributed by atoms with Crippen molar-refractivity contribution in [2.24, 2.45) is 0 Å². The average molecular weight is 334 g/mol. The number of fused-ring (bicyclic) bond motifs is 1. The quantitative estimate of drug-likeness (QED) is 0.678. The molecule has 1 aliphatic rings. The Labute approximate surface area is 146 Å². The van der Waals surface area contributed by atoms with E-state index < -0.39 is 5.97 Å². The Hall–Kier alpha value is -3.14. The lowest BCUT2D eigenvalue weighted by Crippen LogP contribution is -2.22. The summed E-state index contributed by atoms with van der Waals surface area (Å²) in [7, 11) is 0. The van der Waals surface area contributed by atoms with Gasteiger partial charge in [0.05, 0.1) is 6.61 Å². The van der Waals surface area contributed by atoms with Gasteiger partial charge in [-0.2, -0.15) is 0 Å². The third kappa shape index (κ3) is 3.11. The molecular weight excluding hydrogens is 316 g/mol. The van der Waals surface area contributed by atoms with Crippen molar-refractivity contribution in [2.75, 3.05) is 6.61 Å². The minimum Gasteiger partial charge on any atom is -0.506 e. The number of ether oxygens (including phenoxy) is 1. The van der Waals surface area contributed by atoms with Crippen molar-refractivity contribution in [1.82, 2.24) is 0 Å². The Morgan fingerprint density at radius 3 is 2.36 bits per heavy atom. The number of aliphatic hydroxyl groups excluding tert-OH is 1. The first-order chi connectivity index (χ1) is 12.0. The molecule has 0 heterocycles. The van der Waals surface area contributed by atoms with Crippen LogP contribution in [0.3, 0.4) is 0 Å². The highest BCUT2D eigenvalue weighted by atomic mass is 16.5. The number of rotatable bonds is 3. The number of carbonyl (C=O) groups excluding carboxylic acids is 2. The van der Waals surface area contributed by atoms with Crippen LogP contribution in [0.5, 0.6) is 0 Å². The molecule has 0 fully saturated rings. The molecular formula is C21H18O4. The predicted octanol–water partition coefficient (Wildman–Crippen LogP) is 4.11. The van der Waals surface area contributed by atoms with Crippen molar-refractivity contribution in [2.45, 2.75) is 13.8 Å². The molecule has 0 spiro atoms. The maximum absolute atomic E-state index is 12.9. The van der Waals surface area contributed by atoms with Crippen LogP contribution in [0.4, 0.5) is 0 Å². The zero-order chi connectivity index (χ0) is 18.0. The van der Waals surface area contributed by atoms with E-state index in [4.69, 9.17) is 4.74 Å². The fourth-order valence-electron chi connectivity index (χ4n) is 2.79. The van der Waals surface area contributed by atoms with Crippen LogP contribution < -0.4 is 0 Å². The lowest BCUT2D eigenvalue weighted by molar-refractivity contribution is -0.138. The molecule has 2 aromatic carbocycles. The van der Waals surface area contributed by atoms with Crippen LogP contribution in [0.2, 0.25) is 0 Å². The van der Waals surface area contributed by atoms with Crippen molar-refractivity contribution in [3.8, 4) is 0 Å². The summed E-state index contributed by atoms with van der Waals surface area (Å²) in [6.45, 7) is 3.80. The van der Waals surface area contributed by atoms with E-state index in [-0.39, 0.29) is 29.3 Å². The van der Waals surface area contributed by atoms with Crippen molar-refractivity contribution in [1.29, 1.82) is 0 Å². The minimum atomic E-state index is -0.707. The third-order valence-electron chi connectivity index (χ3n) is 4.05. The molecule has 2 aromatic rings. The molecule has 1 N–H and O–H groups in total. The molecule has 0 bridgehead atoms. The van der Waals surface area contributed by atoms with Crippen LogP contribution in [-0.2, 0) is 9.53 Å². The standard InChI is InChI=1S/C21H18O4/c1-3-25-21(24)18-17(12-14-10-8-13(2)9-11-14)19(22)15-6-4-5-7-16(15)20(18)23/h4-12,23H,3H2,1-2H3/b17-12-. The molecule has 0 unspecified atom stereocenters. The zero-order valence-electron chi connectivity index (χ0n) is 14.1. The largest absolute Gasteiger partial charge is 0.506 e. The minimum absolute atomic E-state index is 0.0916. The van der Waals surface area contributed by atoms with Gasteiger partial charge in [0.1, 0.15) is 11.3 Å². The van der Waals surface area contributed by atoms with Crippen molar-refractivity contribution < 1.29 is 19.4 Å². The van der Waals surface area contributed by atoms with Gasteiger partial charge in [-0.25, -0.2) is 4.79 Å². The molecule has 1 aliphatic carbocycles. The van der Waals surface area contributed by atoms with Crippen molar-refractivity contribution >= 4 is 23.6 Å². The summed E-state index contributed by atoms with van der Waals surface area (Å²) in [5.74, 6) is -1.25. The van der Waals surface area contributed by atoms with E-state index in [1.54, 1.807) is 37.3 Å². The van der Waals surface area contributed by atoms with E-state index in [9.17, 15) is 14.7 Å². The maximum Gasteiger partial charge on any atom is 0.342 e. The lowest BCUT2D eigenvalue weighted by atomic mass is 9.84. The summed E-state index contributed by atoms with van der Waals surface area (Å²) in [6, 6.07) is 14.2. The summed E-state index contributed by atoms with van der Waals surface area (Å²) in [4.78, 5) is 25.3. The number of Topliss-reactive ketones (excluding diaryl/α,β-unsaturated/α-hetero) is 1. The van der Waals surface area contributed by atoms with E-state index in [2.05, 4.69) is 0 Å². The summed E-state index contributed by atoms with van der Waals surface area (Å²) < 4.78 is 5.05. The van der Waals surface area contributed by atoms with Gasteiger partial charge < -0.3 is 9.84 Å². The number of esters is 1. The first-order valence-electron chi connectivity index (χ1n) is 8.06. The van der Waals surface area contributed by atoms with Crippen LogP contribution in [0.25, 0.3) is 11.8 Å². The normalized spacial score (nSPS) is 15.3. The molecule has 0 radical (unpaired) electrons. The number of aryl methyl sites for hydroxylation is 1. The van der Waals surface area contributed by atoms with Gasteiger partial charge in [0.2, 0.25) is 0 Å². The molecule has 0 aromatic heterocycles. The highest BCUT2D eigenvalue weighted by Crippen LogP contribution is 2.34. The Balaban J connectivity index is 2.21. The van der Waals surface area contributed by atoms with E-state index in [1.165, 1.54) is 0 Å². The first-order valence-corrected chi connectivity index (χ1v) is 8.06. The number of carbonyl (C=O) groups is 2. The van der Waals surface area contributed by atoms with Gasteiger partial charge in [0.25, 0.3) is 0 Å². The third-order valence-corrected chi connectivity index (χ3v) is 4.05. The highest BCUT2D eigenvalue weighted by molar-refractivity contribution is 6.26. The lowest BCUT2D eigenvalue weighted by Gasteiger charge is -2.20. The molecule has 0 saturated carbocycles. The van der Waals surface area contributed by atoms with Gasteiger partial charge in [-0.1, -0.05) is 54.1 Å². The smallest absolute Gasteiger partial charge is 0.342 e. The van der Waals surface area contributed by atoms with Gasteiger partial charge in [0, 0.05) is 16.7 Å². The maximum atomic E-state index is 12.9. The second kappa shape index (κ2) is 6.77. The zero-order valence-corrected chi connectivity index (χ0v) is 14.1. The summed E-state index contributed by atoms with van der Waals surface area (Å²) >= 11 is 0. The van der Waals surface area contributed by atoms with E-state index in [1.807, 2.05) is 31.2 Å². The number of hydrogen-bond donors (Lipinski definition) is 1. The summed E-state index contributed by atoms with van der Waals surface area (Å²) in [5.41, 5.74) is 2.61. The van der Waals surface area contributed by atoms with Crippen LogP contribution in [0, 0.1) is 6.92 Å². The van der Waals surface area contributed by atoms with E-state index in [0.29, 0.717) is 11.1 Å². The van der Waals surface area contributed by atoms with Crippen LogP contribution >= 0.6 is 0 Å². The highest BCUT2D eigenvalue weighted by Gasteiger charge is 2.34. The number of benzene rings is 2. The van der Waals surface area contributed by atoms with Crippen LogP contribution in [0.15, 0.2) is 59.7 Å². The average Bonchev–Trinajstić information content (AvgIpc) is 2.61. The second-order valence-electron chi connectivity index (χ2n) is 5.79. The number of hydrogen-bond acceptors (Lipinski definition) is 4. The fraction of sp³-hybridized carbons (Fsp3) is 0.143. The van der Waals surface area contributed by atoms with Crippen molar-refractivity contribution in [3.05, 3.63) is 81.9 Å². The first kappa shape index (κ1) is 16.7. The van der Waals surface area contributed by atoms with Gasteiger partial charge in [-0.05, 0) is 25.5 Å². The Bertz CT molecular complexity index is 902. The SMILES string of the molecule is CCOC(=O)C1=C(O)c2ccccc2C(=O)/C1=C\c1ccc(C)cc1. The Kier molecular flexibility index (Phi) is 4.52. The molecule has 0 saturated heterocycles. The number of ketones is 1. The molecule has 4 heteroatoms. The monoisotopic (exact) mass is 334 g/mol. The molecule has 0 amide bonds. The molecule has 25 heavy (non-hydrogen) atoms. The van der Waals surface area contributed by atoms with E-state index >= 15 is 0 Å². The predicted molar refractivity (Wildman–Crippen MR) is 96.1 cm³/mol. The summed E-state index contributed by atoms with van der Waals surface area (Å²) in [6.07, 6.45) is 1.61. The topological polar surface area (TPSA) is 63.6 Å². The summed E-state index contributed by atoms with van der Waals surface area (Å²) in [5, 5.41) is 10.6. The number of aliphatic hydroxyl groups is 1. The van der Waals surface area contributed by atoms with E-state index in [0.717, 1.165) is 11.1 Å². The molecule has 126 valence electrons. The molecule has 4 nitrogen and oxygen atoms in total. The van der Waals surface area contributed by atoms with Gasteiger partial charge in [0.15, 0.2) is 5.78 Å². The van der Waals surface area contributed by atoms with Crippen LogP contribution in [0.1, 0.15) is 34.0 Å². The van der Waals surface area contributed by atoms with Gasteiger partial charge in [-0.15, -0.1) is 0 Å². The fourth-order valence-corrected chi connectivity index (χ4v) is 2.79. The second-order valence-corrected chi connectivity index (χ2v) is 5.79. The van der Waals surface area contributed by atoms with Crippen LogP contribution in [-0.4, -0.2) is 23.5 Å².